The molecule has 4 aromatic rings. The Kier molecular flexibility index (Phi) is 6.38. The molecule has 37 heavy (non-hydrogen) atoms. The number of fused-ring (bicyclic) bond motifs is 1. The first-order valence-electron chi connectivity index (χ1n) is 11.5. The van der Waals surface area contributed by atoms with Crippen LogP contribution < -0.4 is 10.2 Å². The largest absolute Gasteiger partial charge is 0.364 e. The summed E-state index contributed by atoms with van der Waals surface area (Å²) in [6.07, 6.45) is 4.57. The van der Waals surface area contributed by atoms with Gasteiger partial charge < -0.3 is 10.2 Å². The van der Waals surface area contributed by atoms with Crippen LogP contribution in [0.5, 0.6) is 0 Å². The molecule has 0 spiro atoms. The van der Waals surface area contributed by atoms with Crippen molar-refractivity contribution in [1.29, 1.82) is 0 Å². The Morgan fingerprint density at radius 1 is 1.14 bits per heavy atom. The third-order valence-corrected chi connectivity index (χ3v) is 8.08. The highest BCUT2D eigenvalue weighted by molar-refractivity contribution is 7.89. The van der Waals surface area contributed by atoms with Gasteiger partial charge >= 0.3 is 0 Å². The molecule has 1 fully saturated rings. The van der Waals surface area contributed by atoms with Gasteiger partial charge in [-0.3, -0.25) is 4.79 Å². The summed E-state index contributed by atoms with van der Waals surface area (Å²) in [6.45, 7) is 0.642. The molecule has 1 amide bonds. The van der Waals surface area contributed by atoms with Crippen molar-refractivity contribution in [3.8, 4) is 0 Å². The number of aromatic nitrogens is 3. The maximum atomic E-state index is 14.5. The zero-order valence-corrected chi connectivity index (χ0v) is 20.9. The predicted octanol–water partition coefficient (Wildman–Crippen LogP) is 3.85. The topological polar surface area (TPSA) is 99.9 Å². The third kappa shape index (κ3) is 4.65. The molecule has 3 aromatic heterocycles. The molecule has 0 aliphatic carbocycles. The van der Waals surface area contributed by atoms with Crippen LogP contribution in [0.4, 0.5) is 20.3 Å². The van der Waals surface area contributed by atoms with E-state index in [9.17, 15) is 22.0 Å². The molecule has 1 aliphatic heterocycles. The Bertz CT molecular complexity index is 1610. The highest BCUT2D eigenvalue weighted by Crippen LogP contribution is 2.38. The number of hydrogen-bond acceptors (Lipinski definition) is 6. The van der Waals surface area contributed by atoms with Crippen molar-refractivity contribution in [2.75, 3.05) is 30.9 Å². The Morgan fingerprint density at radius 3 is 2.73 bits per heavy atom. The molecule has 0 bridgehead atoms. The second-order valence-corrected chi connectivity index (χ2v) is 11.0. The Labute approximate surface area is 212 Å². The number of rotatable bonds is 6. The number of carbonyl (C=O) groups is 1. The second-order valence-electron chi connectivity index (χ2n) is 8.89. The molecule has 9 nitrogen and oxygen atoms in total. The van der Waals surface area contributed by atoms with E-state index in [0.717, 1.165) is 28.5 Å². The molecular weight excluding hydrogens is 502 g/mol. The fraction of sp³-hybridized carbons (Fsp3) is 0.240. The molecule has 0 unspecified atom stereocenters. The second kappa shape index (κ2) is 9.52. The zero-order chi connectivity index (χ0) is 26.3. The maximum absolute atomic E-state index is 14.5. The number of pyridine rings is 2. The van der Waals surface area contributed by atoms with Gasteiger partial charge in [0, 0.05) is 38.1 Å². The van der Waals surface area contributed by atoms with Gasteiger partial charge in [-0.05, 0) is 55.3 Å². The first kappa shape index (κ1) is 24.8. The molecule has 0 radical (unpaired) electrons. The normalized spacial score (nSPS) is 16.0. The van der Waals surface area contributed by atoms with E-state index in [1.165, 1.54) is 49.1 Å². The Hall–Kier alpha value is -3.90. The van der Waals surface area contributed by atoms with Gasteiger partial charge in [0.2, 0.25) is 0 Å². The molecule has 1 N–H and O–H groups in total. The molecule has 1 saturated heterocycles. The molecule has 192 valence electrons. The van der Waals surface area contributed by atoms with Crippen LogP contribution in [0.1, 0.15) is 34.8 Å². The first-order chi connectivity index (χ1) is 17.6. The number of benzene rings is 1. The van der Waals surface area contributed by atoms with Crippen LogP contribution in [0.3, 0.4) is 0 Å². The van der Waals surface area contributed by atoms with Crippen LogP contribution >= 0.6 is 0 Å². The van der Waals surface area contributed by atoms with E-state index in [-0.39, 0.29) is 22.4 Å². The highest BCUT2D eigenvalue weighted by Gasteiger charge is 2.29. The smallest absolute Gasteiger partial charge is 0.260 e. The maximum Gasteiger partial charge on any atom is 0.260 e. The van der Waals surface area contributed by atoms with E-state index < -0.39 is 27.6 Å². The molecule has 1 aliphatic rings. The van der Waals surface area contributed by atoms with Crippen molar-refractivity contribution in [2.45, 2.75) is 23.9 Å². The lowest BCUT2D eigenvalue weighted by Crippen LogP contribution is -2.24. The summed E-state index contributed by atoms with van der Waals surface area (Å²) >= 11 is 0. The van der Waals surface area contributed by atoms with Crippen LogP contribution in [-0.4, -0.2) is 53.9 Å². The number of anilines is 2. The van der Waals surface area contributed by atoms with E-state index in [0.29, 0.717) is 24.0 Å². The minimum Gasteiger partial charge on any atom is -0.364 e. The monoisotopic (exact) mass is 526 g/mol. The predicted molar refractivity (Wildman–Crippen MR) is 134 cm³/mol. The number of nitrogens with zero attached hydrogens (tertiary/aromatic N) is 5. The van der Waals surface area contributed by atoms with Crippen LogP contribution in [0, 0.1) is 11.6 Å². The third-order valence-electron chi connectivity index (χ3n) is 6.36. The fourth-order valence-electron chi connectivity index (χ4n) is 4.49. The Balaban J connectivity index is 1.45. The minimum absolute atomic E-state index is 0.0737. The van der Waals surface area contributed by atoms with E-state index in [1.54, 1.807) is 12.3 Å². The van der Waals surface area contributed by atoms with E-state index in [4.69, 9.17) is 0 Å². The minimum atomic E-state index is -3.77. The zero-order valence-electron chi connectivity index (χ0n) is 20.1. The van der Waals surface area contributed by atoms with Crippen molar-refractivity contribution in [2.24, 2.45) is 0 Å². The van der Waals surface area contributed by atoms with Crippen molar-refractivity contribution in [1.82, 2.24) is 18.9 Å². The fourth-order valence-corrected chi connectivity index (χ4v) is 5.33. The molecule has 5 rings (SSSR count). The van der Waals surface area contributed by atoms with Crippen molar-refractivity contribution in [3.05, 3.63) is 83.7 Å². The molecular formula is C25H24F2N6O3S. The lowest BCUT2D eigenvalue weighted by Gasteiger charge is -2.27. The van der Waals surface area contributed by atoms with Gasteiger partial charge in [0.25, 0.3) is 15.9 Å². The van der Waals surface area contributed by atoms with Crippen LogP contribution in [0.15, 0.2) is 66.0 Å². The molecule has 12 heteroatoms. The summed E-state index contributed by atoms with van der Waals surface area (Å²) in [5, 5.41) is 6.68. The Morgan fingerprint density at radius 2 is 1.95 bits per heavy atom. The van der Waals surface area contributed by atoms with Gasteiger partial charge in [0.15, 0.2) is 5.03 Å². The summed E-state index contributed by atoms with van der Waals surface area (Å²) in [5.41, 5.74) is 1.78. The number of carbonyl (C=O) groups excluding carboxylic acids is 1. The summed E-state index contributed by atoms with van der Waals surface area (Å²) in [5.74, 6) is -1.41. The van der Waals surface area contributed by atoms with Crippen molar-refractivity contribution < 1.29 is 22.0 Å². The lowest BCUT2D eigenvalue weighted by molar-refractivity contribution is 0.102. The van der Waals surface area contributed by atoms with Gasteiger partial charge in [-0.15, -0.1) is 0 Å². The summed E-state index contributed by atoms with van der Waals surface area (Å²) in [4.78, 5) is 19.2. The summed E-state index contributed by atoms with van der Waals surface area (Å²) < 4.78 is 55.8. The molecule has 4 heterocycles. The van der Waals surface area contributed by atoms with E-state index in [1.807, 2.05) is 11.0 Å². The average Bonchev–Trinajstić information content (AvgIpc) is 3.52. The average molecular weight is 527 g/mol. The van der Waals surface area contributed by atoms with Gasteiger partial charge in [-0.25, -0.2) is 31.0 Å². The summed E-state index contributed by atoms with van der Waals surface area (Å²) in [7, 11) is -0.983. The van der Waals surface area contributed by atoms with E-state index in [2.05, 4.69) is 15.4 Å². The standard InChI is InChI=1S/C25H24F2N6O3S/c1-31(2)37(35,36)24-7-3-6-23(29-24)30-25(34)19-15-28-33-12-10-17(14-22(19)33)32-11-4-5-21(32)18-13-16(26)8-9-20(18)27/h3,6-10,12-15,21H,4-5,11H2,1-2H3,(H,29,30,34)/t21-/m1/s1. The van der Waals surface area contributed by atoms with E-state index >= 15 is 0 Å². The quantitative estimate of drug-likeness (QED) is 0.410. The molecule has 0 saturated carbocycles. The van der Waals surface area contributed by atoms with Crippen molar-refractivity contribution >= 4 is 33.0 Å². The van der Waals surface area contributed by atoms with Gasteiger partial charge in [0.05, 0.1) is 23.3 Å². The molecule has 1 aromatic carbocycles. The molecule has 1 atom stereocenters. The number of amides is 1. The lowest BCUT2D eigenvalue weighted by atomic mass is 10.0. The van der Waals surface area contributed by atoms with Crippen molar-refractivity contribution in [3.63, 3.8) is 0 Å². The van der Waals surface area contributed by atoms with Crippen LogP contribution in [0.2, 0.25) is 0 Å². The SMILES string of the molecule is CN(C)S(=O)(=O)c1cccc(NC(=O)c2cnn3ccc(N4CCC[C@@H]4c4cc(F)ccc4F)cc23)n1. The van der Waals surface area contributed by atoms with Gasteiger partial charge in [0.1, 0.15) is 17.5 Å². The number of nitrogens with one attached hydrogen (secondary N) is 1. The highest BCUT2D eigenvalue weighted by atomic mass is 32.2. The number of halogens is 2. The van der Waals surface area contributed by atoms with Gasteiger partial charge in [-0.2, -0.15) is 5.10 Å². The van der Waals surface area contributed by atoms with Crippen LogP contribution in [-0.2, 0) is 10.0 Å². The van der Waals surface area contributed by atoms with Gasteiger partial charge in [-0.1, -0.05) is 6.07 Å². The van der Waals surface area contributed by atoms with Crippen LogP contribution in [0.25, 0.3) is 5.52 Å². The number of hydrogen-bond donors (Lipinski definition) is 1. The number of sulfonamides is 1. The summed E-state index contributed by atoms with van der Waals surface area (Å²) in [6, 6.07) is 11.0. The first-order valence-corrected chi connectivity index (χ1v) is 13.0.